The highest BCUT2D eigenvalue weighted by atomic mass is 16.3. The van der Waals surface area contributed by atoms with E-state index in [0.717, 1.165) is 32.2 Å². The third-order valence-corrected chi connectivity index (χ3v) is 3.77. The second kappa shape index (κ2) is 6.53. The van der Waals surface area contributed by atoms with Gasteiger partial charge in [-0.3, -0.25) is 4.79 Å². The minimum atomic E-state index is -0.415. The average Bonchev–Trinajstić information content (AvgIpc) is 2.46. The van der Waals surface area contributed by atoms with Crippen molar-refractivity contribution < 1.29 is 9.90 Å². The molecule has 2 atom stereocenters. The first-order valence-electron chi connectivity index (χ1n) is 6.87. The third-order valence-electron chi connectivity index (χ3n) is 3.77. The highest BCUT2D eigenvalue weighted by Crippen LogP contribution is 2.22. The van der Waals surface area contributed by atoms with E-state index in [-0.39, 0.29) is 11.9 Å². The lowest BCUT2D eigenvalue weighted by molar-refractivity contribution is -0.133. The maximum Gasteiger partial charge on any atom is 0.246 e. The van der Waals surface area contributed by atoms with Gasteiger partial charge in [-0.1, -0.05) is 36.9 Å². The summed E-state index contributed by atoms with van der Waals surface area (Å²) in [4.78, 5) is 13.6. The van der Waals surface area contributed by atoms with E-state index in [2.05, 4.69) is 18.7 Å². The van der Waals surface area contributed by atoms with E-state index in [1.54, 1.807) is 4.90 Å². The molecule has 19 heavy (non-hydrogen) atoms. The Bertz CT molecular complexity index is 430. The Hall–Kier alpha value is -1.61. The molecule has 1 aromatic rings. The Morgan fingerprint density at radius 1 is 1.42 bits per heavy atom. The Morgan fingerprint density at radius 3 is 2.84 bits per heavy atom. The number of piperidine rings is 1. The molecule has 0 aromatic heterocycles. The summed E-state index contributed by atoms with van der Waals surface area (Å²) in [5.41, 5.74) is 1.24. The van der Waals surface area contributed by atoms with E-state index in [1.807, 2.05) is 18.2 Å². The van der Waals surface area contributed by atoms with Crippen LogP contribution in [-0.2, 0) is 11.2 Å². The van der Waals surface area contributed by atoms with E-state index in [1.165, 1.54) is 11.6 Å². The average molecular weight is 259 g/mol. The van der Waals surface area contributed by atoms with Crippen molar-refractivity contribution in [2.45, 2.75) is 37.8 Å². The summed E-state index contributed by atoms with van der Waals surface area (Å²) in [7, 11) is 0. The molecule has 1 saturated heterocycles. The van der Waals surface area contributed by atoms with Crippen LogP contribution in [0.1, 0.15) is 24.8 Å². The van der Waals surface area contributed by atoms with Gasteiger partial charge in [-0.05, 0) is 37.3 Å². The molecule has 0 bridgehead atoms. The molecule has 0 saturated carbocycles. The summed E-state index contributed by atoms with van der Waals surface area (Å²) in [5, 5.41) is 10.1. The lowest BCUT2D eigenvalue weighted by Gasteiger charge is -2.38. The molecule has 0 aliphatic carbocycles. The van der Waals surface area contributed by atoms with E-state index < -0.39 is 6.10 Å². The van der Waals surface area contributed by atoms with Gasteiger partial charge >= 0.3 is 0 Å². The van der Waals surface area contributed by atoms with Crippen LogP contribution in [0.5, 0.6) is 0 Å². The number of rotatable bonds is 4. The fourth-order valence-corrected chi connectivity index (χ4v) is 2.74. The largest absolute Gasteiger partial charge is 0.391 e. The van der Waals surface area contributed by atoms with E-state index in [0.29, 0.717) is 0 Å². The van der Waals surface area contributed by atoms with Gasteiger partial charge in [0.25, 0.3) is 0 Å². The highest BCUT2D eigenvalue weighted by molar-refractivity contribution is 5.87. The Labute approximate surface area is 114 Å². The number of nitrogens with zero attached hydrogens (tertiary/aromatic N) is 1. The smallest absolute Gasteiger partial charge is 0.246 e. The normalized spacial score (nSPS) is 23.1. The summed E-state index contributed by atoms with van der Waals surface area (Å²) in [5.74, 6) is -0.0724. The topological polar surface area (TPSA) is 40.5 Å². The molecular formula is C16H21NO2. The first kappa shape index (κ1) is 13.8. The summed E-state index contributed by atoms with van der Waals surface area (Å²) in [6, 6.07) is 10.1. The van der Waals surface area contributed by atoms with Crippen molar-refractivity contribution in [2.24, 2.45) is 0 Å². The molecule has 1 heterocycles. The van der Waals surface area contributed by atoms with Crippen molar-refractivity contribution >= 4 is 5.91 Å². The zero-order valence-electron chi connectivity index (χ0n) is 11.2. The number of amides is 1. The van der Waals surface area contributed by atoms with Crippen molar-refractivity contribution in [3.63, 3.8) is 0 Å². The van der Waals surface area contributed by atoms with Crippen molar-refractivity contribution in [1.29, 1.82) is 0 Å². The van der Waals surface area contributed by atoms with Gasteiger partial charge in [0, 0.05) is 6.54 Å². The minimum Gasteiger partial charge on any atom is -0.391 e. The van der Waals surface area contributed by atoms with Gasteiger partial charge < -0.3 is 10.0 Å². The second-order valence-corrected chi connectivity index (χ2v) is 5.04. The van der Waals surface area contributed by atoms with Crippen molar-refractivity contribution in [1.82, 2.24) is 4.90 Å². The number of aliphatic hydroxyl groups excluding tert-OH is 1. The number of hydrogen-bond donors (Lipinski definition) is 1. The van der Waals surface area contributed by atoms with Crippen molar-refractivity contribution in [2.75, 3.05) is 6.54 Å². The number of aryl methyl sites for hydroxylation is 1. The van der Waals surface area contributed by atoms with Crippen LogP contribution in [0.3, 0.4) is 0 Å². The zero-order valence-corrected chi connectivity index (χ0v) is 11.2. The Kier molecular flexibility index (Phi) is 4.74. The van der Waals surface area contributed by atoms with E-state index >= 15 is 0 Å². The van der Waals surface area contributed by atoms with Crippen LogP contribution in [0.2, 0.25) is 0 Å². The van der Waals surface area contributed by atoms with Crippen LogP contribution in [0, 0.1) is 0 Å². The molecule has 1 aromatic carbocycles. The lowest BCUT2D eigenvalue weighted by atomic mass is 9.93. The van der Waals surface area contributed by atoms with Crippen molar-refractivity contribution in [3.8, 4) is 0 Å². The van der Waals surface area contributed by atoms with Gasteiger partial charge in [0.15, 0.2) is 0 Å². The molecule has 102 valence electrons. The predicted molar refractivity (Wildman–Crippen MR) is 75.7 cm³/mol. The molecule has 1 fully saturated rings. The lowest BCUT2D eigenvalue weighted by Crippen LogP contribution is -2.50. The van der Waals surface area contributed by atoms with Crippen LogP contribution < -0.4 is 0 Å². The van der Waals surface area contributed by atoms with E-state index in [4.69, 9.17) is 0 Å². The summed E-state index contributed by atoms with van der Waals surface area (Å²) >= 11 is 0. The fraction of sp³-hybridized carbons (Fsp3) is 0.438. The molecule has 2 unspecified atom stereocenters. The minimum absolute atomic E-state index is 0.0724. The zero-order chi connectivity index (χ0) is 13.7. The molecule has 3 nitrogen and oxygen atoms in total. The standard InChI is InChI=1S/C16H21NO2/c1-2-16(19)17-12-6-9-15(18)14(17)11-10-13-7-4-3-5-8-13/h2-5,7-8,14-15,18H,1,6,9-12H2. The Balaban J connectivity index is 2.01. The molecule has 1 N–H and O–H groups in total. The number of carbonyl (C=O) groups is 1. The first-order valence-corrected chi connectivity index (χ1v) is 6.87. The van der Waals surface area contributed by atoms with Crippen LogP contribution in [-0.4, -0.2) is 34.6 Å². The number of likely N-dealkylation sites (tertiary alicyclic amines) is 1. The third kappa shape index (κ3) is 3.44. The quantitative estimate of drug-likeness (QED) is 0.842. The van der Waals surface area contributed by atoms with Gasteiger partial charge in [0.1, 0.15) is 0 Å². The van der Waals surface area contributed by atoms with Crippen LogP contribution >= 0.6 is 0 Å². The summed E-state index contributed by atoms with van der Waals surface area (Å²) < 4.78 is 0. The molecule has 2 rings (SSSR count). The van der Waals surface area contributed by atoms with Gasteiger partial charge in [-0.2, -0.15) is 0 Å². The van der Waals surface area contributed by atoms with E-state index in [9.17, 15) is 9.90 Å². The van der Waals surface area contributed by atoms with Gasteiger partial charge in [-0.15, -0.1) is 0 Å². The number of aliphatic hydroxyl groups is 1. The predicted octanol–water partition coefficient (Wildman–Crippen LogP) is 2.16. The molecule has 1 aliphatic rings. The Morgan fingerprint density at radius 2 is 2.16 bits per heavy atom. The molecular weight excluding hydrogens is 238 g/mol. The number of hydrogen-bond acceptors (Lipinski definition) is 2. The second-order valence-electron chi connectivity index (χ2n) is 5.04. The molecule has 0 radical (unpaired) electrons. The highest BCUT2D eigenvalue weighted by Gasteiger charge is 2.31. The van der Waals surface area contributed by atoms with Gasteiger partial charge in [0.2, 0.25) is 5.91 Å². The van der Waals surface area contributed by atoms with Crippen molar-refractivity contribution in [3.05, 3.63) is 48.6 Å². The SMILES string of the molecule is C=CC(=O)N1CCCC(O)C1CCc1ccccc1. The van der Waals surface area contributed by atoms with Crippen LogP contribution in [0.25, 0.3) is 0 Å². The maximum absolute atomic E-state index is 11.8. The molecule has 1 aliphatic heterocycles. The van der Waals surface area contributed by atoms with Crippen LogP contribution in [0.15, 0.2) is 43.0 Å². The number of benzene rings is 1. The first-order chi connectivity index (χ1) is 9.22. The van der Waals surface area contributed by atoms with Gasteiger partial charge in [-0.25, -0.2) is 0 Å². The maximum atomic E-state index is 11.8. The molecule has 3 heteroatoms. The summed E-state index contributed by atoms with van der Waals surface area (Å²) in [6.45, 7) is 4.26. The van der Waals surface area contributed by atoms with Gasteiger partial charge in [0.05, 0.1) is 12.1 Å². The monoisotopic (exact) mass is 259 g/mol. The molecule has 1 amide bonds. The van der Waals surface area contributed by atoms with Crippen LogP contribution in [0.4, 0.5) is 0 Å². The number of carbonyl (C=O) groups excluding carboxylic acids is 1. The molecule has 0 spiro atoms. The fourth-order valence-electron chi connectivity index (χ4n) is 2.74. The summed E-state index contributed by atoms with van der Waals surface area (Å²) in [6.07, 6.45) is 4.24.